The topological polar surface area (TPSA) is 15.3 Å². The maximum absolute atomic E-state index is 13.2. The van der Waals surface area contributed by atoms with Crippen LogP contribution in [0.5, 0.6) is 0 Å². The third kappa shape index (κ3) is 2.61. The molecule has 1 unspecified atom stereocenters. The first-order chi connectivity index (χ1) is 9.73. The molecule has 1 atom stereocenters. The number of nitrogens with one attached hydrogen (secondary N) is 1. The van der Waals surface area contributed by atoms with Crippen molar-refractivity contribution in [1.82, 2.24) is 10.2 Å². The Balaban J connectivity index is 1.82. The number of piperidine rings is 2. The number of likely N-dealkylation sites (tertiary alicyclic amines) is 1. The molecular formula is C17H25FN2. The molecule has 2 aliphatic heterocycles. The molecule has 0 saturated carbocycles. The highest BCUT2D eigenvalue weighted by molar-refractivity contribution is 5.25. The van der Waals surface area contributed by atoms with Crippen LogP contribution in [0.1, 0.15) is 37.7 Å². The van der Waals surface area contributed by atoms with E-state index in [1.807, 2.05) is 12.1 Å². The minimum Gasteiger partial charge on any atom is -0.316 e. The van der Waals surface area contributed by atoms with Gasteiger partial charge in [0, 0.05) is 12.5 Å². The summed E-state index contributed by atoms with van der Waals surface area (Å²) in [6, 6.07) is 7.19. The number of halogens is 1. The SMILES string of the molecule is CCN1CCC2(CCNCC2c2ccc(F)cc2)CC1. The van der Waals surface area contributed by atoms with Gasteiger partial charge in [0.1, 0.15) is 5.82 Å². The highest BCUT2D eigenvalue weighted by atomic mass is 19.1. The molecule has 0 aromatic heterocycles. The Morgan fingerprint density at radius 1 is 1.20 bits per heavy atom. The molecular weight excluding hydrogens is 251 g/mol. The molecule has 1 aromatic rings. The summed E-state index contributed by atoms with van der Waals surface area (Å²) in [4.78, 5) is 2.55. The first-order valence-electron chi connectivity index (χ1n) is 7.92. The second-order valence-electron chi connectivity index (χ2n) is 6.35. The maximum atomic E-state index is 13.2. The van der Waals surface area contributed by atoms with E-state index in [2.05, 4.69) is 17.1 Å². The summed E-state index contributed by atoms with van der Waals surface area (Å²) in [5.74, 6) is 0.406. The van der Waals surface area contributed by atoms with Crippen LogP contribution >= 0.6 is 0 Å². The molecule has 1 spiro atoms. The van der Waals surface area contributed by atoms with Gasteiger partial charge >= 0.3 is 0 Å². The Morgan fingerprint density at radius 3 is 2.55 bits per heavy atom. The number of hydrogen-bond acceptors (Lipinski definition) is 2. The molecule has 0 amide bonds. The molecule has 20 heavy (non-hydrogen) atoms. The van der Waals surface area contributed by atoms with Crippen LogP contribution in [0.2, 0.25) is 0 Å². The van der Waals surface area contributed by atoms with E-state index in [-0.39, 0.29) is 5.82 Å². The van der Waals surface area contributed by atoms with Gasteiger partial charge < -0.3 is 10.2 Å². The minimum atomic E-state index is -0.132. The zero-order valence-corrected chi connectivity index (χ0v) is 12.4. The molecule has 2 saturated heterocycles. The van der Waals surface area contributed by atoms with Gasteiger partial charge in [-0.3, -0.25) is 0 Å². The molecule has 0 aliphatic carbocycles. The molecule has 2 fully saturated rings. The van der Waals surface area contributed by atoms with Crippen LogP contribution in [0.3, 0.4) is 0 Å². The first-order valence-corrected chi connectivity index (χ1v) is 7.92. The van der Waals surface area contributed by atoms with E-state index in [1.54, 1.807) is 12.1 Å². The van der Waals surface area contributed by atoms with Crippen molar-refractivity contribution in [2.24, 2.45) is 5.41 Å². The molecule has 2 aliphatic rings. The largest absolute Gasteiger partial charge is 0.316 e. The number of hydrogen-bond donors (Lipinski definition) is 1. The molecule has 0 bridgehead atoms. The average molecular weight is 276 g/mol. The average Bonchev–Trinajstić information content (AvgIpc) is 2.50. The van der Waals surface area contributed by atoms with E-state index in [1.165, 1.54) is 37.9 Å². The lowest BCUT2D eigenvalue weighted by atomic mass is 9.63. The van der Waals surface area contributed by atoms with Gasteiger partial charge in [0.2, 0.25) is 0 Å². The van der Waals surface area contributed by atoms with Crippen molar-refractivity contribution >= 4 is 0 Å². The zero-order chi connectivity index (χ0) is 14.0. The Morgan fingerprint density at radius 2 is 1.90 bits per heavy atom. The van der Waals surface area contributed by atoms with E-state index >= 15 is 0 Å². The van der Waals surface area contributed by atoms with E-state index in [0.717, 1.165) is 19.6 Å². The van der Waals surface area contributed by atoms with Crippen LogP contribution in [0.25, 0.3) is 0 Å². The lowest BCUT2D eigenvalue weighted by Crippen LogP contribution is -2.50. The summed E-state index contributed by atoms with van der Waals surface area (Å²) in [7, 11) is 0. The van der Waals surface area contributed by atoms with E-state index < -0.39 is 0 Å². The third-order valence-electron chi connectivity index (χ3n) is 5.46. The van der Waals surface area contributed by atoms with Crippen molar-refractivity contribution in [2.75, 3.05) is 32.7 Å². The van der Waals surface area contributed by atoms with Gasteiger partial charge in [-0.15, -0.1) is 0 Å². The van der Waals surface area contributed by atoms with Gasteiger partial charge in [0.15, 0.2) is 0 Å². The standard InChI is InChI=1S/C17H25FN2/c1-2-20-11-8-17(9-12-20)7-10-19-13-16(17)14-3-5-15(18)6-4-14/h3-6,16,19H,2,7-13H2,1H3. The van der Waals surface area contributed by atoms with Gasteiger partial charge in [0.25, 0.3) is 0 Å². The molecule has 1 N–H and O–H groups in total. The molecule has 110 valence electrons. The van der Waals surface area contributed by atoms with Crippen LogP contribution in [-0.2, 0) is 0 Å². The van der Waals surface area contributed by atoms with Crippen molar-refractivity contribution < 1.29 is 4.39 Å². The normalized spacial score (nSPS) is 26.8. The van der Waals surface area contributed by atoms with Crippen LogP contribution in [0.4, 0.5) is 4.39 Å². The van der Waals surface area contributed by atoms with Gasteiger partial charge in [-0.25, -0.2) is 4.39 Å². The quantitative estimate of drug-likeness (QED) is 0.893. The molecule has 2 heterocycles. The Labute approximate surface area is 121 Å². The van der Waals surface area contributed by atoms with Crippen LogP contribution in [-0.4, -0.2) is 37.6 Å². The molecule has 0 radical (unpaired) electrons. The molecule has 3 heteroatoms. The lowest BCUT2D eigenvalue weighted by molar-refractivity contribution is 0.0563. The molecule has 2 nitrogen and oxygen atoms in total. The van der Waals surface area contributed by atoms with E-state index in [0.29, 0.717) is 11.3 Å². The zero-order valence-electron chi connectivity index (χ0n) is 12.4. The second-order valence-corrected chi connectivity index (χ2v) is 6.35. The van der Waals surface area contributed by atoms with Crippen molar-refractivity contribution in [3.8, 4) is 0 Å². The summed E-state index contributed by atoms with van der Waals surface area (Å²) < 4.78 is 13.2. The molecule has 3 rings (SSSR count). The maximum Gasteiger partial charge on any atom is 0.123 e. The Bertz CT molecular complexity index is 435. The monoisotopic (exact) mass is 276 g/mol. The lowest BCUT2D eigenvalue weighted by Gasteiger charge is -2.49. The summed E-state index contributed by atoms with van der Waals surface area (Å²) in [6.45, 7) is 8.01. The first kappa shape index (κ1) is 14.0. The smallest absolute Gasteiger partial charge is 0.123 e. The summed E-state index contributed by atoms with van der Waals surface area (Å²) >= 11 is 0. The van der Waals surface area contributed by atoms with E-state index in [9.17, 15) is 4.39 Å². The van der Waals surface area contributed by atoms with Gasteiger partial charge in [-0.2, -0.15) is 0 Å². The van der Waals surface area contributed by atoms with Gasteiger partial charge in [-0.05, 0) is 68.6 Å². The fourth-order valence-electron chi connectivity index (χ4n) is 4.05. The van der Waals surface area contributed by atoms with Crippen LogP contribution < -0.4 is 5.32 Å². The summed E-state index contributed by atoms with van der Waals surface area (Å²) in [6.07, 6.45) is 3.82. The van der Waals surface area contributed by atoms with Crippen LogP contribution in [0, 0.1) is 11.2 Å². The highest BCUT2D eigenvalue weighted by Gasteiger charge is 2.43. The highest BCUT2D eigenvalue weighted by Crippen LogP contribution is 2.48. The second kappa shape index (κ2) is 5.82. The summed E-state index contributed by atoms with van der Waals surface area (Å²) in [5, 5.41) is 3.54. The van der Waals surface area contributed by atoms with Gasteiger partial charge in [-0.1, -0.05) is 19.1 Å². The summed E-state index contributed by atoms with van der Waals surface area (Å²) in [5.41, 5.74) is 1.73. The van der Waals surface area contributed by atoms with Crippen molar-refractivity contribution in [1.29, 1.82) is 0 Å². The van der Waals surface area contributed by atoms with Crippen molar-refractivity contribution in [2.45, 2.75) is 32.1 Å². The van der Waals surface area contributed by atoms with E-state index in [4.69, 9.17) is 0 Å². The third-order valence-corrected chi connectivity index (χ3v) is 5.46. The Hall–Kier alpha value is -0.930. The Kier molecular flexibility index (Phi) is 4.08. The predicted molar refractivity (Wildman–Crippen MR) is 80.4 cm³/mol. The minimum absolute atomic E-state index is 0.132. The number of nitrogens with zero attached hydrogens (tertiary/aromatic N) is 1. The van der Waals surface area contributed by atoms with Gasteiger partial charge in [0.05, 0.1) is 0 Å². The fourth-order valence-corrected chi connectivity index (χ4v) is 4.05. The van der Waals surface area contributed by atoms with Crippen LogP contribution in [0.15, 0.2) is 24.3 Å². The fraction of sp³-hybridized carbons (Fsp3) is 0.647. The molecule has 1 aromatic carbocycles. The predicted octanol–water partition coefficient (Wildman–Crippen LogP) is 3.00. The number of benzene rings is 1. The number of rotatable bonds is 2. The van der Waals surface area contributed by atoms with Crippen molar-refractivity contribution in [3.05, 3.63) is 35.6 Å². The van der Waals surface area contributed by atoms with Crippen molar-refractivity contribution in [3.63, 3.8) is 0 Å².